The number of hydrogen-bond donors (Lipinski definition) is 2. The van der Waals surface area contributed by atoms with Gasteiger partial charge in [-0.05, 0) is 51.6 Å². The Bertz CT molecular complexity index is 329. The van der Waals surface area contributed by atoms with Gasteiger partial charge in [-0.15, -0.1) is 0 Å². The molecule has 5 nitrogen and oxygen atoms in total. The fourth-order valence-corrected chi connectivity index (χ4v) is 3.95. The quantitative estimate of drug-likeness (QED) is 0.754. The number of likely N-dealkylation sites (N-methyl/N-ethyl adjacent to an activating group) is 1. The second-order valence-corrected chi connectivity index (χ2v) is 6.24. The number of amides is 1. The number of piperidine rings is 1. The van der Waals surface area contributed by atoms with Gasteiger partial charge < -0.3 is 20.7 Å². The van der Waals surface area contributed by atoms with Gasteiger partial charge in [-0.2, -0.15) is 0 Å². The van der Waals surface area contributed by atoms with Crippen LogP contribution >= 0.6 is 0 Å². The molecule has 0 aromatic heterocycles. The number of primary amides is 1. The third-order valence-electron chi connectivity index (χ3n) is 5.37. The zero-order valence-electron chi connectivity index (χ0n) is 12.9. The minimum absolute atomic E-state index is 0.180. The molecular formula is C15H29N3O2. The summed E-state index contributed by atoms with van der Waals surface area (Å²) in [5.74, 6) is 0.200. The molecule has 1 amide bonds. The number of ether oxygens (including phenoxy) is 1. The molecule has 0 spiro atoms. The van der Waals surface area contributed by atoms with Gasteiger partial charge in [0.05, 0.1) is 6.10 Å². The Kier molecular flexibility index (Phi) is 5.41. The summed E-state index contributed by atoms with van der Waals surface area (Å²) in [4.78, 5) is 14.3. The number of rotatable bonds is 6. The summed E-state index contributed by atoms with van der Waals surface area (Å²) in [5, 5.41) is 3.22. The molecule has 1 saturated carbocycles. The first kappa shape index (κ1) is 15.7. The van der Waals surface area contributed by atoms with Gasteiger partial charge in [0.15, 0.2) is 0 Å². The molecule has 2 unspecified atom stereocenters. The SMILES string of the molecule is CNC1(C(N)=O)CCCC1CCN1CCC(OC)CC1. The van der Waals surface area contributed by atoms with E-state index in [1.54, 1.807) is 7.11 Å². The number of likely N-dealkylation sites (tertiary alicyclic amines) is 1. The molecule has 2 aliphatic rings. The number of carbonyl (C=O) groups is 1. The monoisotopic (exact) mass is 283 g/mol. The van der Waals surface area contributed by atoms with E-state index >= 15 is 0 Å². The average Bonchev–Trinajstić information content (AvgIpc) is 2.90. The summed E-state index contributed by atoms with van der Waals surface area (Å²) in [6, 6.07) is 0. The molecule has 116 valence electrons. The van der Waals surface area contributed by atoms with E-state index in [2.05, 4.69) is 10.2 Å². The van der Waals surface area contributed by atoms with Crippen LogP contribution in [0.3, 0.4) is 0 Å². The Morgan fingerprint density at radius 1 is 1.40 bits per heavy atom. The van der Waals surface area contributed by atoms with Crippen LogP contribution in [0, 0.1) is 5.92 Å². The van der Waals surface area contributed by atoms with Crippen molar-refractivity contribution in [3.8, 4) is 0 Å². The molecule has 1 heterocycles. The lowest BCUT2D eigenvalue weighted by Gasteiger charge is -2.35. The molecule has 0 bridgehead atoms. The van der Waals surface area contributed by atoms with E-state index in [-0.39, 0.29) is 5.91 Å². The summed E-state index contributed by atoms with van der Waals surface area (Å²) in [6.45, 7) is 3.28. The van der Waals surface area contributed by atoms with Gasteiger partial charge in [-0.1, -0.05) is 6.42 Å². The molecule has 0 aromatic rings. The number of nitrogens with two attached hydrogens (primary N) is 1. The second kappa shape index (κ2) is 6.87. The zero-order valence-corrected chi connectivity index (χ0v) is 12.9. The number of nitrogens with zero attached hydrogens (tertiary/aromatic N) is 1. The Morgan fingerprint density at radius 3 is 2.65 bits per heavy atom. The fourth-order valence-electron chi connectivity index (χ4n) is 3.95. The van der Waals surface area contributed by atoms with Crippen molar-refractivity contribution < 1.29 is 9.53 Å². The van der Waals surface area contributed by atoms with Crippen molar-refractivity contribution in [3.05, 3.63) is 0 Å². The van der Waals surface area contributed by atoms with Crippen LogP contribution in [0.4, 0.5) is 0 Å². The van der Waals surface area contributed by atoms with Crippen LogP contribution in [0.1, 0.15) is 38.5 Å². The highest BCUT2D eigenvalue weighted by Crippen LogP contribution is 2.37. The maximum Gasteiger partial charge on any atom is 0.238 e. The van der Waals surface area contributed by atoms with Crippen molar-refractivity contribution in [1.29, 1.82) is 0 Å². The topological polar surface area (TPSA) is 67.6 Å². The van der Waals surface area contributed by atoms with Crippen molar-refractivity contribution in [2.75, 3.05) is 33.8 Å². The molecule has 1 aliphatic heterocycles. The third kappa shape index (κ3) is 3.15. The lowest BCUT2D eigenvalue weighted by atomic mass is 9.84. The van der Waals surface area contributed by atoms with Crippen LogP contribution in [0.5, 0.6) is 0 Å². The lowest BCUT2D eigenvalue weighted by Crippen LogP contribution is -2.57. The van der Waals surface area contributed by atoms with E-state index < -0.39 is 5.54 Å². The van der Waals surface area contributed by atoms with Crippen LogP contribution < -0.4 is 11.1 Å². The predicted octanol–water partition coefficient (Wildman–Crippen LogP) is 0.731. The molecule has 1 saturated heterocycles. The largest absolute Gasteiger partial charge is 0.381 e. The van der Waals surface area contributed by atoms with Crippen LogP contribution in [-0.4, -0.2) is 56.2 Å². The van der Waals surface area contributed by atoms with E-state index in [0.717, 1.165) is 58.2 Å². The highest BCUT2D eigenvalue weighted by Gasteiger charge is 2.46. The smallest absolute Gasteiger partial charge is 0.238 e. The summed E-state index contributed by atoms with van der Waals surface area (Å²) in [6.07, 6.45) is 6.82. The van der Waals surface area contributed by atoms with Crippen LogP contribution in [0.15, 0.2) is 0 Å². The number of methoxy groups -OCH3 is 1. The molecule has 0 radical (unpaired) electrons. The van der Waals surface area contributed by atoms with E-state index in [1.165, 1.54) is 0 Å². The van der Waals surface area contributed by atoms with Crippen molar-refractivity contribution >= 4 is 5.91 Å². The Balaban J connectivity index is 1.83. The van der Waals surface area contributed by atoms with E-state index in [1.807, 2.05) is 7.05 Å². The molecule has 5 heteroatoms. The highest BCUT2D eigenvalue weighted by molar-refractivity contribution is 5.85. The predicted molar refractivity (Wildman–Crippen MR) is 79.4 cm³/mol. The molecule has 0 aromatic carbocycles. The number of hydrogen-bond acceptors (Lipinski definition) is 4. The second-order valence-electron chi connectivity index (χ2n) is 6.24. The van der Waals surface area contributed by atoms with Crippen LogP contribution in [-0.2, 0) is 9.53 Å². The zero-order chi connectivity index (χ0) is 14.6. The molecule has 3 N–H and O–H groups in total. The number of nitrogens with one attached hydrogen (secondary N) is 1. The van der Waals surface area contributed by atoms with Gasteiger partial charge in [-0.25, -0.2) is 0 Å². The standard InChI is InChI=1S/C15H29N3O2/c1-17-15(14(16)19)8-3-4-12(15)5-9-18-10-6-13(20-2)7-11-18/h12-13,17H,3-11H2,1-2H3,(H2,16,19). The average molecular weight is 283 g/mol. The van der Waals surface area contributed by atoms with Crippen LogP contribution in [0.2, 0.25) is 0 Å². The normalized spacial score (nSPS) is 32.6. The Hall–Kier alpha value is -0.650. The van der Waals surface area contributed by atoms with Crippen molar-refractivity contribution in [2.45, 2.75) is 50.2 Å². The van der Waals surface area contributed by atoms with E-state index in [4.69, 9.17) is 10.5 Å². The molecule has 20 heavy (non-hydrogen) atoms. The van der Waals surface area contributed by atoms with Gasteiger partial charge >= 0.3 is 0 Å². The molecule has 2 fully saturated rings. The Morgan fingerprint density at radius 2 is 2.10 bits per heavy atom. The maximum absolute atomic E-state index is 11.8. The van der Waals surface area contributed by atoms with Crippen molar-refractivity contribution in [2.24, 2.45) is 11.7 Å². The number of carbonyl (C=O) groups excluding carboxylic acids is 1. The van der Waals surface area contributed by atoms with Crippen molar-refractivity contribution in [1.82, 2.24) is 10.2 Å². The maximum atomic E-state index is 11.8. The van der Waals surface area contributed by atoms with Gasteiger partial charge in [0.25, 0.3) is 0 Å². The lowest BCUT2D eigenvalue weighted by molar-refractivity contribution is -0.125. The first-order chi connectivity index (χ1) is 9.62. The molecule has 1 aliphatic carbocycles. The van der Waals surface area contributed by atoms with Gasteiger partial charge in [0, 0.05) is 20.2 Å². The minimum Gasteiger partial charge on any atom is -0.381 e. The minimum atomic E-state index is -0.467. The molecular weight excluding hydrogens is 254 g/mol. The summed E-state index contributed by atoms with van der Waals surface area (Å²) in [5.41, 5.74) is 5.18. The summed E-state index contributed by atoms with van der Waals surface area (Å²) in [7, 11) is 3.67. The van der Waals surface area contributed by atoms with Gasteiger partial charge in [-0.3, -0.25) is 4.79 Å². The first-order valence-electron chi connectivity index (χ1n) is 7.86. The van der Waals surface area contributed by atoms with E-state index in [9.17, 15) is 4.79 Å². The fraction of sp³-hybridized carbons (Fsp3) is 0.933. The highest BCUT2D eigenvalue weighted by atomic mass is 16.5. The van der Waals surface area contributed by atoms with Crippen LogP contribution in [0.25, 0.3) is 0 Å². The Labute approximate surface area is 122 Å². The molecule has 2 atom stereocenters. The van der Waals surface area contributed by atoms with Gasteiger partial charge in [0.2, 0.25) is 5.91 Å². The van der Waals surface area contributed by atoms with E-state index in [0.29, 0.717) is 12.0 Å². The summed E-state index contributed by atoms with van der Waals surface area (Å²) < 4.78 is 5.40. The third-order valence-corrected chi connectivity index (χ3v) is 5.37. The first-order valence-corrected chi connectivity index (χ1v) is 7.86. The molecule has 2 rings (SSSR count). The van der Waals surface area contributed by atoms with Crippen molar-refractivity contribution in [3.63, 3.8) is 0 Å². The summed E-state index contributed by atoms with van der Waals surface area (Å²) >= 11 is 0. The van der Waals surface area contributed by atoms with Gasteiger partial charge in [0.1, 0.15) is 5.54 Å².